The van der Waals surface area contributed by atoms with E-state index < -0.39 is 0 Å². The average Bonchev–Trinajstić information content (AvgIpc) is 2.51. The molecule has 1 atom stereocenters. The maximum atomic E-state index is 12.8. The Morgan fingerprint density at radius 1 is 1.32 bits per heavy atom. The van der Waals surface area contributed by atoms with Crippen LogP contribution < -0.4 is 11.1 Å². The highest BCUT2D eigenvalue weighted by Crippen LogP contribution is 2.10. The fourth-order valence-electron chi connectivity index (χ4n) is 2.54. The molecule has 0 bridgehead atoms. The summed E-state index contributed by atoms with van der Waals surface area (Å²) in [6, 6.07) is 5.45. The summed E-state index contributed by atoms with van der Waals surface area (Å²) >= 11 is 0. The maximum absolute atomic E-state index is 12.8. The van der Waals surface area contributed by atoms with Crippen molar-refractivity contribution in [1.82, 2.24) is 10.2 Å². The number of halogens is 1. The fourth-order valence-corrected chi connectivity index (χ4v) is 2.54. The minimum atomic E-state index is -0.373. The van der Waals surface area contributed by atoms with E-state index in [2.05, 4.69) is 5.32 Å². The van der Waals surface area contributed by atoms with Crippen LogP contribution in [0.1, 0.15) is 36.0 Å². The molecule has 1 saturated heterocycles. The Morgan fingerprint density at radius 2 is 2.05 bits per heavy atom. The van der Waals surface area contributed by atoms with E-state index in [1.165, 1.54) is 24.3 Å². The highest BCUT2D eigenvalue weighted by Gasteiger charge is 2.20. The lowest BCUT2D eigenvalue weighted by molar-refractivity contribution is -0.132. The van der Waals surface area contributed by atoms with E-state index >= 15 is 0 Å². The highest BCUT2D eigenvalue weighted by atomic mass is 19.1. The van der Waals surface area contributed by atoms with Crippen LogP contribution in [0.2, 0.25) is 0 Å². The molecule has 2 amide bonds. The zero-order valence-corrected chi connectivity index (χ0v) is 12.6. The van der Waals surface area contributed by atoms with Gasteiger partial charge >= 0.3 is 0 Å². The molecule has 1 heterocycles. The van der Waals surface area contributed by atoms with Crippen LogP contribution in [0.4, 0.5) is 4.39 Å². The average molecular weight is 307 g/mol. The van der Waals surface area contributed by atoms with E-state index in [1.807, 2.05) is 0 Å². The van der Waals surface area contributed by atoms with Gasteiger partial charge in [-0.15, -0.1) is 0 Å². The Hall–Kier alpha value is -1.95. The van der Waals surface area contributed by atoms with Gasteiger partial charge in [-0.3, -0.25) is 9.59 Å². The van der Waals surface area contributed by atoms with Gasteiger partial charge in [0, 0.05) is 37.7 Å². The van der Waals surface area contributed by atoms with Gasteiger partial charge in [0.25, 0.3) is 5.91 Å². The van der Waals surface area contributed by atoms with Crippen molar-refractivity contribution in [3.8, 4) is 0 Å². The van der Waals surface area contributed by atoms with Crippen molar-refractivity contribution in [3.63, 3.8) is 0 Å². The molecular formula is C16H22FN3O2. The van der Waals surface area contributed by atoms with E-state index in [4.69, 9.17) is 5.73 Å². The standard InChI is InChI=1S/C16H22FN3O2/c17-13-7-5-12(6-8-13)16(22)19-9-1-4-15(21)20-10-2-3-14(18)11-20/h5-8,14H,1-4,9-11,18H2,(H,19,22). The summed E-state index contributed by atoms with van der Waals surface area (Å²) in [6.07, 6.45) is 2.90. The van der Waals surface area contributed by atoms with E-state index in [0.717, 1.165) is 19.4 Å². The lowest BCUT2D eigenvalue weighted by Crippen LogP contribution is -2.45. The van der Waals surface area contributed by atoms with Crippen LogP contribution in [0.5, 0.6) is 0 Å². The van der Waals surface area contributed by atoms with Crippen molar-refractivity contribution in [2.45, 2.75) is 31.7 Å². The van der Waals surface area contributed by atoms with Gasteiger partial charge in [-0.25, -0.2) is 4.39 Å². The van der Waals surface area contributed by atoms with Crippen molar-refractivity contribution in [3.05, 3.63) is 35.6 Å². The third-order valence-electron chi connectivity index (χ3n) is 3.77. The molecular weight excluding hydrogens is 285 g/mol. The van der Waals surface area contributed by atoms with Crippen molar-refractivity contribution < 1.29 is 14.0 Å². The second-order valence-corrected chi connectivity index (χ2v) is 5.61. The predicted molar refractivity (Wildman–Crippen MR) is 81.8 cm³/mol. The zero-order valence-electron chi connectivity index (χ0n) is 12.6. The lowest BCUT2D eigenvalue weighted by Gasteiger charge is -2.30. The summed E-state index contributed by atoms with van der Waals surface area (Å²) in [5.74, 6) is -0.541. The number of nitrogens with two attached hydrogens (primary N) is 1. The molecule has 1 aliphatic heterocycles. The first kappa shape index (κ1) is 16.4. The van der Waals surface area contributed by atoms with Gasteiger partial charge < -0.3 is 16.0 Å². The minimum absolute atomic E-state index is 0.0795. The predicted octanol–water partition coefficient (Wildman–Crippen LogP) is 1.29. The van der Waals surface area contributed by atoms with Crippen LogP contribution in [0.25, 0.3) is 0 Å². The summed E-state index contributed by atoms with van der Waals surface area (Å²) in [7, 11) is 0. The lowest BCUT2D eigenvalue weighted by atomic mass is 10.1. The molecule has 6 heteroatoms. The summed E-state index contributed by atoms with van der Waals surface area (Å²) < 4.78 is 12.8. The van der Waals surface area contributed by atoms with Gasteiger partial charge in [0.15, 0.2) is 0 Å². The molecule has 1 unspecified atom stereocenters. The highest BCUT2D eigenvalue weighted by molar-refractivity contribution is 5.94. The fraction of sp³-hybridized carbons (Fsp3) is 0.500. The molecule has 0 aliphatic carbocycles. The Bertz CT molecular complexity index is 519. The topological polar surface area (TPSA) is 75.4 Å². The van der Waals surface area contributed by atoms with Crippen molar-refractivity contribution >= 4 is 11.8 Å². The quantitative estimate of drug-likeness (QED) is 0.805. The number of nitrogens with one attached hydrogen (secondary N) is 1. The third kappa shape index (κ3) is 4.80. The first-order valence-corrected chi connectivity index (χ1v) is 7.63. The minimum Gasteiger partial charge on any atom is -0.352 e. The summed E-state index contributed by atoms with van der Waals surface area (Å²) in [5.41, 5.74) is 6.27. The van der Waals surface area contributed by atoms with Gasteiger partial charge in [-0.1, -0.05) is 0 Å². The van der Waals surface area contributed by atoms with E-state index in [9.17, 15) is 14.0 Å². The molecule has 0 spiro atoms. The maximum Gasteiger partial charge on any atom is 0.251 e. The number of benzene rings is 1. The van der Waals surface area contributed by atoms with Gasteiger partial charge in [0.2, 0.25) is 5.91 Å². The number of piperidine rings is 1. The van der Waals surface area contributed by atoms with E-state index in [0.29, 0.717) is 31.5 Å². The smallest absolute Gasteiger partial charge is 0.251 e. The Balaban J connectivity index is 1.67. The molecule has 1 aliphatic rings. The van der Waals surface area contributed by atoms with E-state index in [1.54, 1.807) is 4.90 Å². The molecule has 1 aromatic rings. The van der Waals surface area contributed by atoms with Crippen molar-refractivity contribution in [2.75, 3.05) is 19.6 Å². The number of nitrogens with zero attached hydrogens (tertiary/aromatic N) is 1. The molecule has 22 heavy (non-hydrogen) atoms. The van der Waals surface area contributed by atoms with Crippen LogP contribution in [0.3, 0.4) is 0 Å². The number of rotatable bonds is 5. The Kier molecular flexibility index (Phi) is 5.89. The first-order chi connectivity index (χ1) is 10.6. The van der Waals surface area contributed by atoms with Crippen LogP contribution in [0, 0.1) is 5.82 Å². The molecule has 1 fully saturated rings. The van der Waals surface area contributed by atoms with Crippen LogP contribution in [-0.4, -0.2) is 42.4 Å². The molecule has 2 rings (SSSR count). The number of amides is 2. The molecule has 1 aromatic carbocycles. The second-order valence-electron chi connectivity index (χ2n) is 5.61. The molecule has 3 N–H and O–H groups in total. The van der Waals surface area contributed by atoms with Crippen molar-refractivity contribution in [2.24, 2.45) is 5.73 Å². The molecule has 0 aromatic heterocycles. The second kappa shape index (κ2) is 7.89. The van der Waals surface area contributed by atoms with Gasteiger partial charge in [0.05, 0.1) is 0 Å². The zero-order chi connectivity index (χ0) is 15.9. The third-order valence-corrected chi connectivity index (χ3v) is 3.77. The first-order valence-electron chi connectivity index (χ1n) is 7.63. The summed E-state index contributed by atoms with van der Waals surface area (Å²) in [6.45, 7) is 1.82. The number of hydrogen-bond acceptors (Lipinski definition) is 3. The van der Waals surface area contributed by atoms with Crippen LogP contribution in [0.15, 0.2) is 24.3 Å². The SMILES string of the molecule is NC1CCCN(C(=O)CCCNC(=O)c2ccc(F)cc2)C1. The molecule has 5 nitrogen and oxygen atoms in total. The Morgan fingerprint density at radius 3 is 2.73 bits per heavy atom. The normalized spacial score (nSPS) is 18.1. The summed E-state index contributed by atoms with van der Waals surface area (Å²) in [5, 5.41) is 2.73. The monoisotopic (exact) mass is 307 g/mol. The largest absolute Gasteiger partial charge is 0.352 e. The molecule has 0 radical (unpaired) electrons. The van der Waals surface area contributed by atoms with E-state index in [-0.39, 0.29) is 23.7 Å². The number of carbonyl (C=O) groups is 2. The molecule has 120 valence electrons. The van der Waals surface area contributed by atoms with Gasteiger partial charge in [-0.2, -0.15) is 0 Å². The van der Waals surface area contributed by atoms with Crippen molar-refractivity contribution in [1.29, 1.82) is 0 Å². The van der Waals surface area contributed by atoms with Gasteiger partial charge in [0.1, 0.15) is 5.82 Å². The number of carbonyl (C=O) groups excluding carboxylic acids is 2. The Labute approximate surface area is 129 Å². The van der Waals surface area contributed by atoms with Crippen LogP contribution >= 0.6 is 0 Å². The van der Waals surface area contributed by atoms with Gasteiger partial charge in [-0.05, 0) is 43.5 Å². The number of likely N-dealkylation sites (tertiary alicyclic amines) is 1. The molecule has 0 saturated carbocycles. The number of hydrogen-bond donors (Lipinski definition) is 2. The summed E-state index contributed by atoms with van der Waals surface area (Å²) in [4.78, 5) is 25.6. The van der Waals surface area contributed by atoms with Crippen LogP contribution in [-0.2, 0) is 4.79 Å².